The van der Waals surface area contributed by atoms with Crippen molar-refractivity contribution in [2.75, 3.05) is 0 Å². The number of hydrogen-bond acceptors (Lipinski definition) is 6. The molecule has 0 radical (unpaired) electrons. The van der Waals surface area contributed by atoms with Gasteiger partial charge in [0.2, 0.25) is 5.91 Å². The fourth-order valence-corrected chi connectivity index (χ4v) is 3.39. The molecule has 0 aliphatic rings. The molecule has 1 atom stereocenters. The molecular formula is C19H15Cl5N2O5. The standard InChI is InChI=1S/C19H15Cl5N2O5/c20-12-13(21)15(23)17(16(24)14(12)22)31-18(28)10(25)6-7-11(27)26-19(29)30-8-9-4-2-1-3-5-9/h1-5,10H,6-8,25H2,(H,26,27,29)/t10-/m0/s1. The predicted molar refractivity (Wildman–Crippen MR) is 119 cm³/mol. The van der Waals surface area contributed by atoms with Crippen molar-refractivity contribution in [2.45, 2.75) is 25.5 Å². The first kappa shape index (κ1) is 25.5. The van der Waals surface area contributed by atoms with Crippen molar-refractivity contribution in [1.29, 1.82) is 0 Å². The third-order valence-electron chi connectivity index (χ3n) is 3.81. The van der Waals surface area contributed by atoms with Crippen LogP contribution in [0.5, 0.6) is 5.75 Å². The van der Waals surface area contributed by atoms with Crippen LogP contribution in [0.15, 0.2) is 30.3 Å². The minimum Gasteiger partial charge on any atom is -0.444 e. The number of imide groups is 1. The number of nitrogens with one attached hydrogen (secondary N) is 1. The van der Waals surface area contributed by atoms with E-state index in [1.807, 2.05) is 11.4 Å². The molecular weight excluding hydrogens is 513 g/mol. The zero-order chi connectivity index (χ0) is 23.1. The molecule has 3 N–H and O–H groups in total. The Hall–Kier alpha value is -1.74. The smallest absolute Gasteiger partial charge is 0.414 e. The first-order chi connectivity index (χ1) is 14.6. The number of carbonyl (C=O) groups excluding carboxylic acids is 3. The molecule has 31 heavy (non-hydrogen) atoms. The van der Waals surface area contributed by atoms with Gasteiger partial charge in [-0.05, 0) is 12.0 Å². The summed E-state index contributed by atoms with van der Waals surface area (Å²) in [5.74, 6) is -1.94. The van der Waals surface area contributed by atoms with Gasteiger partial charge in [-0.1, -0.05) is 88.3 Å². The van der Waals surface area contributed by atoms with Gasteiger partial charge >= 0.3 is 12.1 Å². The third kappa shape index (κ3) is 7.14. The van der Waals surface area contributed by atoms with E-state index in [-0.39, 0.29) is 50.3 Å². The van der Waals surface area contributed by atoms with Gasteiger partial charge in [-0.15, -0.1) is 0 Å². The average molecular weight is 529 g/mol. The second-order valence-corrected chi connectivity index (χ2v) is 7.97. The number of esters is 1. The number of nitrogens with two attached hydrogens (primary N) is 1. The van der Waals surface area contributed by atoms with Gasteiger partial charge in [0.25, 0.3) is 0 Å². The SMILES string of the molecule is N[C@@H](CCC(=O)NC(=O)OCc1ccccc1)C(=O)Oc1c(Cl)c(Cl)c(Cl)c(Cl)c1Cl. The molecule has 0 saturated carbocycles. The minimum atomic E-state index is -1.23. The quantitative estimate of drug-likeness (QED) is 0.215. The maximum atomic E-state index is 12.2. The van der Waals surface area contributed by atoms with Crippen molar-refractivity contribution in [3.63, 3.8) is 0 Å². The Labute approximate surface area is 202 Å². The van der Waals surface area contributed by atoms with Crippen molar-refractivity contribution in [3.8, 4) is 5.75 Å². The number of amides is 2. The van der Waals surface area contributed by atoms with Crippen LogP contribution in [-0.4, -0.2) is 24.0 Å². The summed E-state index contributed by atoms with van der Waals surface area (Å²) in [6, 6.07) is 7.69. The molecule has 12 heteroatoms. The van der Waals surface area contributed by atoms with E-state index in [1.165, 1.54) is 0 Å². The van der Waals surface area contributed by atoms with Crippen LogP contribution in [0.4, 0.5) is 4.79 Å². The van der Waals surface area contributed by atoms with E-state index in [0.717, 1.165) is 5.56 Å². The number of hydrogen-bond donors (Lipinski definition) is 2. The topological polar surface area (TPSA) is 108 Å². The first-order valence-electron chi connectivity index (χ1n) is 8.61. The summed E-state index contributed by atoms with van der Waals surface area (Å²) < 4.78 is 10.0. The van der Waals surface area contributed by atoms with E-state index in [4.69, 9.17) is 73.2 Å². The second kappa shape index (κ2) is 11.8. The van der Waals surface area contributed by atoms with Gasteiger partial charge in [0, 0.05) is 6.42 Å². The summed E-state index contributed by atoms with van der Waals surface area (Å²) in [7, 11) is 0. The zero-order valence-electron chi connectivity index (χ0n) is 15.6. The Bertz CT molecular complexity index is 958. The number of carbonyl (C=O) groups is 3. The molecule has 0 bridgehead atoms. The summed E-state index contributed by atoms with van der Waals surface area (Å²) in [5, 5.41) is 1.19. The number of benzene rings is 2. The molecule has 0 fully saturated rings. The van der Waals surface area contributed by atoms with Gasteiger partial charge in [-0.3, -0.25) is 10.1 Å². The molecule has 166 valence electrons. The lowest BCUT2D eigenvalue weighted by atomic mass is 10.1. The van der Waals surface area contributed by atoms with Crippen LogP contribution in [0.1, 0.15) is 18.4 Å². The molecule has 0 spiro atoms. The second-order valence-electron chi connectivity index (χ2n) is 6.08. The Morgan fingerprint density at radius 3 is 2.03 bits per heavy atom. The number of alkyl carbamates (subject to hydrolysis) is 1. The van der Waals surface area contributed by atoms with Crippen molar-refractivity contribution < 1.29 is 23.9 Å². The highest BCUT2D eigenvalue weighted by atomic mass is 35.5. The molecule has 0 aromatic heterocycles. The Morgan fingerprint density at radius 1 is 0.903 bits per heavy atom. The van der Waals surface area contributed by atoms with Gasteiger partial charge in [-0.2, -0.15) is 0 Å². The maximum Gasteiger partial charge on any atom is 0.414 e. The summed E-state index contributed by atoms with van der Waals surface area (Å²) in [4.78, 5) is 35.8. The van der Waals surface area contributed by atoms with E-state index in [9.17, 15) is 14.4 Å². The summed E-state index contributed by atoms with van der Waals surface area (Å²) in [6.07, 6.45) is -1.31. The first-order valence-corrected chi connectivity index (χ1v) is 10.5. The van der Waals surface area contributed by atoms with Crippen molar-refractivity contribution in [2.24, 2.45) is 5.73 Å². The Morgan fingerprint density at radius 2 is 1.45 bits per heavy atom. The maximum absolute atomic E-state index is 12.2. The lowest BCUT2D eigenvalue weighted by Gasteiger charge is -2.15. The Kier molecular flexibility index (Phi) is 9.68. The van der Waals surface area contributed by atoms with E-state index < -0.39 is 24.0 Å². The number of rotatable bonds is 7. The molecule has 0 aliphatic carbocycles. The van der Waals surface area contributed by atoms with Gasteiger partial charge < -0.3 is 15.2 Å². The van der Waals surface area contributed by atoms with E-state index >= 15 is 0 Å². The number of halogens is 5. The molecule has 2 aromatic carbocycles. The van der Waals surface area contributed by atoms with Crippen LogP contribution >= 0.6 is 58.0 Å². The highest BCUT2D eigenvalue weighted by Crippen LogP contribution is 2.48. The third-order valence-corrected chi connectivity index (χ3v) is 6.05. The van der Waals surface area contributed by atoms with E-state index in [1.54, 1.807) is 24.3 Å². The molecule has 0 aliphatic heterocycles. The van der Waals surface area contributed by atoms with Crippen LogP contribution in [-0.2, 0) is 20.9 Å². The average Bonchev–Trinajstić information content (AvgIpc) is 2.76. The van der Waals surface area contributed by atoms with Crippen LogP contribution in [0.2, 0.25) is 25.1 Å². The van der Waals surface area contributed by atoms with Crippen molar-refractivity contribution in [3.05, 3.63) is 61.0 Å². The molecule has 7 nitrogen and oxygen atoms in total. The summed E-state index contributed by atoms with van der Waals surface area (Å²) >= 11 is 29.7. The van der Waals surface area contributed by atoms with Gasteiger partial charge in [-0.25, -0.2) is 9.59 Å². The summed E-state index contributed by atoms with van der Waals surface area (Å²) in [5.41, 5.74) is 6.49. The van der Waals surface area contributed by atoms with Gasteiger partial charge in [0.15, 0.2) is 5.75 Å². The predicted octanol–water partition coefficient (Wildman–Crippen LogP) is 5.42. The van der Waals surface area contributed by atoms with Crippen LogP contribution in [0.3, 0.4) is 0 Å². The van der Waals surface area contributed by atoms with Gasteiger partial charge in [0.1, 0.15) is 22.7 Å². The van der Waals surface area contributed by atoms with Gasteiger partial charge in [0.05, 0.1) is 15.1 Å². The number of ether oxygens (including phenoxy) is 2. The lowest BCUT2D eigenvalue weighted by Crippen LogP contribution is -2.37. The highest BCUT2D eigenvalue weighted by Gasteiger charge is 2.25. The fourth-order valence-electron chi connectivity index (χ4n) is 2.19. The largest absolute Gasteiger partial charge is 0.444 e. The van der Waals surface area contributed by atoms with Crippen molar-refractivity contribution >= 4 is 76.0 Å². The van der Waals surface area contributed by atoms with E-state index in [0.29, 0.717) is 0 Å². The summed E-state index contributed by atoms with van der Waals surface area (Å²) in [6.45, 7) is -0.000473. The van der Waals surface area contributed by atoms with Crippen LogP contribution < -0.4 is 15.8 Å². The highest BCUT2D eigenvalue weighted by molar-refractivity contribution is 6.55. The van der Waals surface area contributed by atoms with E-state index in [2.05, 4.69) is 0 Å². The van der Waals surface area contributed by atoms with Crippen LogP contribution in [0.25, 0.3) is 0 Å². The molecule has 2 aromatic rings. The molecule has 0 unspecified atom stereocenters. The molecule has 2 rings (SSSR count). The Balaban J connectivity index is 1.84. The minimum absolute atomic E-state index is 0.000473. The fraction of sp³-hybridized carbons (Fsp3) is 0.211. The zero-order valence-corrected chi connectivity index (χ0v) is 19.4. The molecule has 2 amide bonds. The lowest BCUT2D eigenvalue weighted by molar-refractivity contribution is -0.136. The molecule has 0 saturated heterocycles. The monoisotopic (exact) mass is 526 g/mol. The van der Waals surface area contributed by atoms with Crippen molar-refractivity contribution in [1.82, 2.24) is 5.32 Å². The normalized spacial score (nSPS) is 11.5. The van der Waals surface area contributed by atoms with Crippen LogP contribution in [0, 0.1) is 0 Å². The molecule has 0 heterocycles.